The molecule has 0 saturated heterocycles. The van der Waals surface area contributed by atoms with Gasteiger partial charge in [-0.2, -0.15) is 5.10 Å². The number of aryl methyl sites for hydroxylation is 2. The van der Waals surface area contributed by atoms with Gasteiger partial charge in [-0.15, -0.1) is 0 Å². The maximum Gasteiger partial charge on any atom is 0.274 e. The molecule has 0 aliphatic heterocycles. The third-order valence-electron chi connectivity index (χ3n) is 3.25. The maximum absolute atomic E-state index is 12.2. The van der Waals surface area contributed by atoms with Crippen LogP contribution in [0.5, 0.6) is 0 Å². The van der Waals surface area contributed by atoms with E-state index in [9.17, 15) is 4.79 Å². The highest BCUT2D eigenvalue weighted by Crippen LogP contribution is 2.11. The molecule has 0 aliphatic carbocycles. The first-order valence-electron chi connectivity index (χ1n) is 6.46. The lowest BCUT2D eigenvalue weighted by Crippen LogP contribution is -2.26. The van der Waals surface area contributed by atoms with Crippen molar-refractivity contribution in [2.75, 3.05) is 7.05 Å². The van der Waals surface area contributed by atoms with Crippen LogP contribution in [0.15, 0.2) is 30.3 Å². The molecule has 0 aliphatic rings. The van der Waals surface area contributed by atoms with Gasteiger partial charge >= 0.3 is 0 Å². The Hall–Kier alpha value is -2.10. The normalized spacial score (nSPS) is 10.5. The van der Waals surface area contributed by atoms with Crippen molar-refractivity contribution in [1.29, 1.82) is 0 Å². The highest BCUT2D eigenvalue weighted by Gasteiger charge is 2.15. The van der Waals surface area contributed by atoms with Gasteiger partial charge in [0.15, 0.2) is 0 Å². The minimum absolute atomic E-state index is 0.0563. The van der Waals surface area contributed by atoms with Crippen LogP contribution in [-0.4, -0.2) is 28.1 Å². The number of nitrogens with zero attached hydrogens (tertiary/aromatic N) is 2. The Kier molecular flexibility index (Phi) is 4.00. The second kappa shape index (κ2) is 5.69. The molecule has 4 heteroatoms. The SMILES string of the molecule is CCc1cc(C(=O)N(C)Cc2ccccc2C)n[nH]1. The molecular weight excluding hydrogens is 238 g/mol. The van der Waals surface area contributed by atoms with Crippen molar-refractivity contribution in [2.45, 2.75) is 26.8 Å². The molecule has 0 atom stereocenters. The predicted molar refractivity (Wildman–Crippen MR) is 74.9 cm³/mol. The lowest BCUT2D eigenvalue weighted by Gasteiger charge is -2.17. The van der Waals surface area contributed by atoms with Crippen LogP contribution in [-0.2, 0) is 13.0 Å². The zero-order chi connectivity index (χ0) is 13.8. The van der Waals surface area contributed by atoms with Crippen molar-refractivity contribution >= 4 is 5.91 Å². The zero-order valence-electron chi connectivity index (χ0n) is 11.6. The van der Waals surface area contributed by atoms with Gasteiger partial charge in [0, 0.05) is 19.3 Å². The maximum atomic E-state index is 12.2. The van der Waals surface area contributed by atoms with E-state index in [-0.39, 0.29) is 5.91 Å². The Morgan fingerprint density at radius 1 is 1.37 bits per heavy atom. The fourth-order valence-corrected chi connectivity index (χ4v) is 1.96. The second-order valence-electron chi connectivity index (χ2n) is 4.72. The molecule has 4 nitrogen and oxygen atoms in total. The number of carbonyl (C=O) groups is 1. The third kappa shape index (κ3) is 3.02. The molecule has 1 N–H and O–H groups in total. The van der Waals surface area contributed by atoms with Crippen molar-refractivity contribution in [2.24, 2.45) is 0 Å². The number of hydrogen-bond acceptors (Lipinski definition) is 2. The lowest BCUT2D eigenvalue weighted by molar-refractivity contribution is 0.0779. The van der Waals surface area contributed by atoms with Crippen molar-refractivity contribution in [3.05, 3.63) is 52.8 Å². The Balaban J connectivity index is 2.09. The van der Waals surface area contributed by atoms with Gasteiger partial charge in [0.2, 0.25) is 0 Å². The van der Waals surface area contributed by atoms with E-state index in [1.807, 2.05) is 31.2 Å². The first kappa shape index (κ1) is 13.3. The van der Waals surface area contributed by atoms with Crippen LogP contribution in [0.2, 0.25) is 0 Å². The quantitative estimate of drug-likeness (QED) is 0.915. The first-order chi connectivity index (χ1) is 9.11. The number of amides is 1. The average molecular weight is 257 g/mol. The lowest BCUT2D eigenvalue weighted by atomic mass is 10.1. The van der Waals surface area contributed by atoms with Gasteiger partial charge in [0.25, 0.3) is 5.91 Å². The Labute approximate surface area is 113 Å². The van der Waals surface area contributed by atoms with E-state index in [1.54, 1.807) is 11.9 Å². The summed E-state index contributed by atoms with van der Waals surface area (Å²) in [5.74, 6) is -0.0563. The number of nitrogens with one attached hydrogen (secondary N) is 1. The van der Waals surface area contributed by atoms with Gasteiger partial charge in [-0.1, -0.05) is 31.2 Å². The predicted octanol–water partition coefficient (Wildman–Crippen LogP) is 2.55. The molecule has 1 amide bonds. The fraction of sp³-hybridized carbons (Fsp3) is 0.333. The summed E-state index contributed by atoms with van der Waals surface area (Å²) >= 11 is 0. The van der Waals surface area contributed by atoms with Crippen LogP contribution in [0, 0.1) is 6.92 Å². The van der Waals surface area contributed by atoms with E-state index >= 15 is 0 Å². The molecule has 100 valence electrons. The molecule has 0 unspecified atom stereocenters. The summed E-state index contributed by atoms with van der Waals surface area (Å²) in [5.41, 5.74) is 3.81. The number of H-pyrrole nitrogens is 1. The average Bonchev–Trinajstić information content (AvgIpc) is 2.89. The van der Waals surface area contributed by atoms with E-state index in [0.717, 1.165) is 17.7 Å². The number of aromatic amines is 1. The molecule has 0 fully saturated rings. The minimum atomic E-state index is -0.0563. The molecule has 1 heterocycles. The Bertz CT molecular complexity index is 574. The summed E-state index contributed by atoms with van der Waals surface area (Å²) in [6.45, 7) is 4.68. The molecule has 0 spiro atoms. The molecular formula is C15H19N3O. The summed E-state index contributed by atoms with van der Waals surface area (Å²) in [4.78, 5) is 13.9. The second-order valence-corrected chi connectivity index (χ2v) is 4.72. The van der Waals surface area contributed by atoms with Gasteiger partial charge in [-0.25, -0.2) is 0 Å². The summed E-state index contributed by atoms with van der Waals surface area (Å²) in [7, 11) is 1.80. The monoisotopic (exact) mass is 257 g/mol. The number of hydrogen-bond donors (Lipinski definition) is 1. The summed E-state index contributed by atoms with van der Waals surface area (Å²) < 4.78 is 0. The molecule has 0 radical (unpaired) electrons. The fourth-order valence-electron chi connectivity index (χ4n) is 1.96. The topological polar surface area (TPSA) is 49.0 Å². The summed E-state index contributed by atoms with van der Waals surface area (Å²) in [6, 6.07) is 9.90. The van der Waals surface area contributed by atoms with Gasteiger partial charge in [0.1, 0.15) is 5.69 Å². The number of benzene rings is 1. The van der Waals surface area contributed by atoms with Crippen LogP contribution in [0.3, 0.4) is 0 Å². The molecule has 0 bridgehead atoms. The van der Waals surface area contributed by atoms with E-state index in [0.29, 0.717) is 12.2 Å². The molecule has 2 rings (SSSR count). The van der Waals surface area contributed by atoms with Gasteiger partial charge in [0.05, 0.1) is 0 Å². The van der Waals surface area contributed by atoms with Crippen molar-refractivity contribution in [3.63, 3.8) is 0 Å². The van der Waals surface area contributed by atoms with Crippen LogP contribution in [0.1, 0.15) is 34.2 Å². The standard InChI is InChI=1S/C15H19N3O/c1-4-13-9-14(17-16-13)15(19)18(3)10-12-8-6-5-7-11(12)2/h5-9H,4,10H2,1-3H3,(H,16,17). The molecule has 0 saturated carbocycles. The smallest absolute Gasteiger partial charge is 0.274 e. The zero-order valence-corrected chi connectivity index (χ0v) is 11.6. The van der Waals surface area contributed by atoms with E-state index in [2.05, 4.69) is 23.2 Å². The number of carbonyl (C=O) groups excluding carboxylic acids is 1. The Morgan fingerprint density at radius 3 is 2.74 bits per heavy atom. The van der Waals surface area contributed by atoms with Gasteiger partial charge in [-0.3, -0.25) is 9.89 Å². The first-order valence-corrected chi connectivity index (χ1v) is 6.46. The van der Waals surface area contributed by atoms with Crippen LogP contribution >= 0.6 is 0 Å². The van der Waals surface area contributed by atoms with Gasteiger partial charge in [-0.05, 0) is 30.5 Å². The minimum Gasteiger partial charge on any atom is -0.336 e. The van der Waals surface area contributed by atoms with Crippen LogP contribution in [0.25, 0.3) is 0 Å². The van der Waals surface area contributed by atoms with Crippen LogP contribution in [0.4, 0.5) is 0 Å². The summed E-state index contributed by atoms with van der Waals surface area (Å²) in [6.07, 6.45) is 0.849. The Morgan fingerprint density at radius 2 is 2.11 bits per heavy atom. The molecule has 2 aromatic rings. The summed E-state index contributed by atoms with van der Waals surface area (Å²) in [5, 5.41) is 6.92. The van der Waals surface area contributed by atoms with Crippen LogP contribution < -0.4 is 0 Å². The molecule has 1 aromatic heterocycles. The van der Waals surface area contributed by atoms with Crippen molar-refractivity contribution < 1.29 is 4.79 Å². The molecule has 1 aromatic carbocycles. The highest BCUT2D eigenvalue weighted by molar-refractivity contribution is 5.92. The van der Waals surface area contributed by atoms with E-state index in [1.165, 1.54) is 5.56 Å². The van der Waals surface area contributed by atoms with E-state index in [4.69, 9.17) is 0 Å². The van der Waals surface area contributed by atoms with Crippen molar-refractivity contribution in [1.82, 2.24) is 15.1 Å². The highest BCUT2D eigenvalue weighted by atomic mass is 16.2. The number of rotatable bonds is 4. The van der Waals surface area contributed by atoms with E-state index < -0.39 is 0 Å². The van der Waals surface area contributed by atoms with Gasteiger partial charge < -0.3 is 4.90 Å². The molecule has 19 heavy (non-hydrogen) atoms. The largest absolute Gasteiger partial charge is 0.336 e. The van der Waals surface area contributed by atoms with Crippen molar-refractivity contribution in [3.8, 4) is 0 Å². The third-order valence-corrected chi connectivity index (χ3v) is 3.25. The number of aromatic nitrogens is 2.